The highest BCUT2D eigenvalue weighted by atomic mass is 28.4. The Hall–Kier alpha value is -1.29. The summed E-state index contributed by atoms with van der Waals surface area (Å²) >= 11 is 0. The molecular weight excluding hydrogens is 304 g/mol. The van der Waals surface area contributed by atoms with Gasteiger partial charge in [-0.1, -0.05) is 33.6 Å². The maximum absolute atomic E-state index is 11.9. The molecule has 1 aromatic carbocycles. The lowest BCUT2D eigenvalue weighted by Crippen LogP contribution is -2.44. The van der Waals surface area contributed by atoms with E-state index in [0.29, 0.717) is 11.5 Å². The molecule has 0 aromatic heterocycles. The van der Waals surface area contributed by atoms with Gasteiger partial charge in [-0.3, -0.25) is 0 Å². The summed E-state index contributed by atoms with van der Waals surface area (Å²) in [5.41, 5.74) is 1.81. The van der Waals surface area contributed by atoms with Crippen molar-refractivity contribution in [1.82, 2.24) is 0 Å². The van der Waals surface area contributed by atoms with Crippen molar-refractivity contribution in [3.63, 3.8) is 0 Å². The number of benzene rings is 1. The fourth-order valence-corrected chi connectivity index (χ4v) is 3.91. The SMILES string of the molecule is COC(=O)c1ccc(O[Si](C)(C)C(C)(C)C)c(C2CCCC2)c1. The number of carbonyl (C=O) groups excluding carboxylic acids is 1. The van der Waals surface area contributed by atoms with Crippen LogP contribution in [0.25, 0.3) is 0 Å². The number of hydrogen-bond donors (Lipinski definition) is 0. The van der Waals surface area contributed by atoms with Gasteiger partial charge in [-0.2, -0.15) is 0 Å². The first-order valence-corrected chi connectivity index (χ1v) is 11.5. The second-order valence-corrected chi connectivity index (χ2v) is 12.8. The molecule has 1 fully saturated rings. The fourth-order valence-electron chi connectivity index (χ4n) is 2.87. The average Bonchev–Trinajstić information content (AvgIpc) is 2.99. The molecule has 0 unspecified atom stereocenters. The number of methoxy groups -OCH3 is 1. The molecule has 2 rings (SSSR count). The zero-order valence-corrected chi connectivity index (χ0v) is 16.4. The standard InChI is InChI=1S/C19H30O3Si/c1-19(2,3)23(5,6)22-17-12-11-15(18(20)21-4)13-16(17)14-9-7-8-10-14/h11-14H,7-10H2,1-6H3. The molecule has 0 atom stereocenters. The van der Waals surface area contributed by atoms with E-state index in [2.05, 4.69) is 33.9 Å². The molecule has 1 aliphatic rings. The third-order valence-electron chi connectivity index (χ3n) is 5.40. The van der Waals surface area contributed by atoms with Gasteiger partial charge in [0.1, 0.15) is 5.75 Å². The van der Waals surface area contributed by atoms with Crippen LogP contribution in [0.5, 0.6) is 5.75 Å². The Morgan fingerprint density at radius 1 is 1.17 bits per heavy atom. The first-order valence-electron chi connectivity index (χ1n) is 8.57. The van der Waals surface area contributed by atoms with Crippen molar-refractivity contribution < 1.29 is 14.0 Å². The van der Waals surface area contributed by atoms with Gasteiger partial charge in [0.15, 0.2) is 0 Å². The predicted molar refractivity (Wildman–Crippen MR) is 96.8 cm³/mol. The molecule has 0 bridgehead atoms. The largest absolute Gasteiger partial charge is 0.543 e. The highest BCUT2D eigenvalue weighted by molar-refractivity contribution is 6.74. The molecule has 1 aliphatic carbocycles. The van der Waals surface area contributed by atoms with Crippen molar-refractivity contribution in [3.8, 4) is 5.75 Å². The summed E-state index contributed by atoms with van der Waals surface area (Å²) in [4.78, 5) is 11.9. The maximum atomic E-state index is 11.9. The third-order valence-corrected chi connectivity index (χ3v) is 9.74. The average molecular weight is 335 g/mol. The normalized spacial score (nSPS) is 16.4. The monoisotopic (exact) mass is 334 g/mol. The van der Waals surface area contributed by atoms with Crippen molar-refractivity contribution >= 4 is 14.3 Å². The Morgan fingerprint density at radius 3 is 2.30 bits per heavy atom. The van der Waals surface area contributed by atoms with E-state index in [1.807, 2.05) is 18.2 Å². The summed E-state index contributed by atoms with van der Waals surface area (Å²) in [5.74, 6) is 1.19. The molecule has 0 amide bonds. The van der Waals surface area contributed by atoms with Crippen LogP contribution in [0.15, 0.2) is 18.2 Å². The summed E-state index contributed by atoms with van der Waals surface area (Å²) in [6.45, 7) is 11.3. The number of hydrogen-bond acceptors (Lipinski definition) is 3. The molecule has 1 saturated carbocycles. The third kappa shape index (κ3) is 3.97. The number of esters is 1. The molecule has 3 nitrogen and oxygen atoms in total. The van der Waals surface area contributed by atoms with Crippen LogP contribution in [0.4, 0.5) is 0 Å². The van der Waals surface area contributed by atoms with Crippen molar-refractivity contribution in [3.05, 3.63) is 29.3 Å². The first-order chi connectivity index (χ1) is 10.7. The molecule has 23 heavy (non-hydrogen) atoms. The molecular formula is C19H30O3Si. The van der Waals surface area contributed by atoms with Crippen LogP contribution in [0.3, 0.4) is 0 Å². The lowest BCUT2D eigenvalue weighted by molar-refractivity contribution is 0.0600. The second-order valence-electron chi connectivity index (χ2n) is 8.09. The lowest BCUT2D eigenvalue weighted by Gasteiger charge is -2.37. The number of ether oxygens (including phenoxy) is 1. The Balaban J connectivity index is 2.40. The van der Waals surface area contributed by atoms with E-state index in [4.69, 9.17) is 9.16 Å². The van der Waals surface area contributed by atoms with Crippen molar-refractivity contribution in [2.24, 2.45) is 0 Å². The zero-order valence-electron chi connectivity index (χ0n) is 15.4. The minimum atomic E-state index is -1.90. The summed E-state index contributed by atoms with van der Waals surface area (Å²) in [6, 6.07) is 5.79. The molecule has 0 saturated heterocycles. The smallest absolute Gasteiger partial charge is 0.337 e. The molecule has 1 aromatic rings. The molecule has 4 heteroatoms. The Morgan fingerprint density at radius 2 is 1.78 bits per heavy atom. The second kappa shape index (κ2) is 6.68. The van der Waals surface area contributed by atoms with Crippen LogP contribution in [0.1, 0.15) is 68.3 Å². The minimum absolute atomic E-state index is 0.154. The minimum Gasteiger partial charge on any atom is -0.543 e. The molecule has 128 valence electrons. The zero-order chi connectivity index (χ0) is 17.3. The topological polar surface area (TPSA) is 35.5 Å². The highest BCUT2D eigenvalue weighted by Crippen LogP contribution is 2.43. The first kappa shape index (κ1) is 18.1. The van der Waals surface area contributed by atoms with E-state index < -0.39 is 8.32 Å². The number of carbonyl (C=O) groups is 1. The quantitative estimate of drug-likeness (QED) is 0.537. The van der Waals surface area contributed by atoms with E-state index >= 15 is 0 Å². The van der Waals surface area contributed by atoms with E-state index in [1.54, 1.807) is 0 Å². The van der Waals surface area contributed by atoms with Crippen LogP contribution in [0, 0.1) is 0 Å². The van der Waals surface area contributed by atoms with Gasteiger partial charge >= 0.3 is 5.97 Å². The molecule has 0 heterocycles. The van der Waals surface area contributed by atoms with Crippen LogP contribution in [0.2, 0.25) is 18.1 Å². The molecule has 0 radical (unpaired) electrons. The van der Waals surface area contributed by atoms with Gasteiger partial charge in [0.2, 0.25) is 8.32 Å². The van der Waals surface area contributed by atoms with Gasteiger partial charge in [-0.05, 0) is 60.7 Å². The number of rotatable bonds is 4. The highest BCUT2D eigenvalue weighted by Gasteiger charge is 2.39. The maximum Gasteiger partial charge on any atom is 0.337 e. The summed E-state index contributed by atoms with van der Waals surface area (Å²) in [6.07, 6.45) is 4.87. The van der Waals surface area contributed by atoms with Gasteiger partial charge in [0, 0.05) is 0 Å². The van der Waals surface area contributed by atoms with Gasteiger partial charge in [0.25, 0.3) is 0 Å². The van der Waals surface area contributed by atoms with Crippen LogP contribution >= 0.6 is 0 Å². The van der Waals surface area contributed by atoms with E-state index in [0.717, 1.165) is 5.75 Å². The lowest BCUT2D eigenvalue weighted by atomic mass is 9.95. The molecule has 0 aliphatic heterocycles. The summed E-state index contributed by atoms with van der Waals surface area (Å²) < 4.78 is 11.4. The summed E-state index contributed by atoms with van der Waals surface area (Å²) in [5, 5.41) is 0.154. The van der Waals surface area contributed by atoms with Crippen LogP contribution in [-0.4, -0.2) is 21.4 Å². The van der Waals surface area contributed by atoms with Gasteiger partial charge in [-0.15, -0.1) is 0 Å². The Bertz CT molecular complexity index is 566. The summed E-state index contributed by atoms with van der Waals surface area (Å²) in [7, 11) is -0.469. The van der Waals surface area contributed by atoms with Crippen LogP contribution < -0.4 is 4.43 Å². The Labute approximate surface area is 141 Å². The van der Waals surface area contributed by atoms with Crippen molar-refractivity contribution in [2.45, 2.75) is 70.5 Å². The van der Waals surface area contributed by atoms with Gasteiger partial charge in [0.05, 0.1) is 12.7 Å². The van der Waals surface area contributed by atoms with Gasteiger partial charge in [-0.25, -0.2) is 4.79 Å². The predicted octanol–water partition coefficient (Wildman–Crippen LogP) is 5.51. The van der Waals surface area contributed by atoms with Gasteiger partial charge < -0.3 is 9.16 Å². The molecule has 0 spiro atoms. The van der Waals surface area contributed by atoms with E-state index in [-0.39, 0.29) is 11.0 Å². The van der Waals surface area contributed by atoms with E-state index in [9.17, 15) is 4.79 Å². The van der Waals surface area contributed by atoms with Crippen LogP contribution in [-0.2, 0) is 4.74 Å². The van der Waals surface area contributed by atoms with E-state index in [1.165, 1.54) is 38.4 Å². The molecule has 0 N–H and O–H groups in total. The Kier molecular flexibility index (Phi) is 5.24. The van der Waals surface area contributed by atoms with Crippen molar-refractivity contribution in [2.75, 3.05) is 7.11 Å². The fraction of sp³-hybridized carbons (Fsp3) is 0.632. The van der Waals surface area contributed by atoms with Crippen molar-refractivity contribution in [1.29, 1.82) is 0 Å².